The maximum atomic E-state index is 9.13. The van der Waals surface area contributed by atoms with Crippen LogP contribution in [0.5, 0.6) is 11.5 Å². The smallest absolute Gasteiger partial charge is 0.179 e. The van der Waals surface area contributed by atoms with Crippen molar-refractivity contribution in [2.24, 2.45) is 0 Å². The van der Waals surface area contributed by atoms with E-state index in [9.17, 15) is 0 Å². The van der Waals surface area contributed by atoms with Crippen molar-refractivity contribution in [3.8, 4) is 17.6 Å². The van der Waals surface area contributed by atoms with E-state index in [1.807, 2.05) is 6.07 Å². The number of benzene rings is 1. The fraction of sp³-hybridized carbons (Fsp3) is 0.500. The van der Waals surface area contributed by atoms with Crippen LogP contribution in [0, 0.1) is 11.3 Å². The van der Waals surface area contributed by atoms with Gasteiger partial charge < -0.3 is 14.8 Å². The van der Waals surface area contributed by atoms with Crippen molar-refractivity contribution in [2.75, 3.05) is 20.2 Å². The van der Waals surface area contributed by atoms with E-state index in [1.165, 1.54) is 0 Å². The maximum Gasteiger partial charge on any atom is 0.179 e. The molecule has 0 aromatic heterocycles. The molecule has 0 spiro atoms. The summed E-state index contributed by atoms with van der Waals surface area (Å²) in [6.07, 6.45) is 3.23. The Kier molecular flexibility index (Phi) is 4.43. The molecule has 1 aromatic rings. The van der Waals surface area contributed by atoms with Crippen LogP contribution in [-0.2, 0) is 0 Å². The summed E-state index contributed by atoms with van der Waals surface area (Å²) >= 11 is 0. The monoisotopic (exact) mass is 246 g/mol. The first-order valence-corrected chi connectivity index (χ1v) is 6.29. The molecule has 1 aromatic carbocycles. The van der Waals surface area contributed by atoms with E-state index in [0.29, 0.717) is 17.1 Å². The van der Waals surface area contributed by atoms with Gasteiger partial charge >= 0.3 is 0 Å². The zero-order valence-electron chi connectivity index (χ0n) is 10.6. The van der Waals surface area contributed by atoms with E-state index in [4.69, 9.17) is 14.7 Å². The first kappa shape index (κ1) is 12.7. The van der Waals surface area contributed by atoms with Gasteiger partial charge in [0.1, 0.15) is 12.2 Å². The number of hydrogen-bond acceptors (Lipinski definition) is 4. The summed E-state index contributed by atoms with van der Waals surface area (Å²) in [4.78, 5) is 0. The fourth-order valence-electron chi connectivity index (χ4n) is 2.16. The van der Waals surface area contributed by atoms with Crippen LogP contribution in [0.3, 0.4) is 0 Å². The molecular weight excluding hydrogens is 228 g/mol. The summed E-state index contributed by atoms with van der Waals surface area (Å²) in [5.41, 5.74) is 0.534. The van der Waals surface area contributed by atoms with Crippen molar-refractivity contribution in [3.05, 3.63) is 23.8 Å². The van der Waals surface area contributed by atoms with Gasteiger partial charge in [-0.3, -0.25) is 0 Å². The van der Waals surface area contributed by atoms with Gasteiger partial charge in [0.15, 0.2) is 11.5 Å². The summed E-state index contributed by atoms with van der Waals surface area (Å²) in [7, 11) is 1.60. The van der Waals surface area contributed by atoms with Crippen molar-refractivity contribution < 1.29 is 9.47 Å². The molecular formula is C14H18N2O2. The minimum Gasteiger partial charge on any atom is -0.493 e. The lowest BCUT2D eigenvalue weighted by atomic mass is 10.1. The summed E-state index contributed by atoms with van der Waals surface area (Å²) in [6, 6.07) is 7.54. The predicted octanol–water partition coefficient (Wildman–Crippen LogP) is 2.09. The molecule has 4 nitrogen and oxygen atoms in total. The van der Waals surface area contributed by atoms with Gasteiger partial charge in [0.05, 0.1) is 12.7 Å². The van der Waals surface area contributed by atoms with E-state index in [0.717, 1.165) is 32.4 Å². The average molecular weight is 246 g/mol. The third kappa shape index (κ3) is 2.93. The van der Waals surface area contributed by atoms with Gasteiger partial charge in [-0.2, -0.15) is 5.26 Å². The van der Waals surface area contributed by atoms with Crippen LogP contribution in [0.25, 0.3) is 0 Å². The number of methoxy groups -OCH3 is 1. The maximum absolute atomic E-state index is 9.13. The molecule has 0 bridgehead atoms. The van der Waals surface area contributed by atoms with Crippen LogP contribution >= 0.6 is 0 Å². The van der Waals surface area contributed by atoms with Gasteiger partial charge in [-0.25, -0.2) is 0 Å². The molecule has 1 aliphatic heterocycles. The molecule has 1 fully saturated rings. The SMILES string of the molecule is COc1cccc(C#N)c1OC1CCCNCC1. The van der Waals surface area contributed by atoms with E-state index in [-0.39, 0.29) is 6.10 Å². The van der Waals surface area contributed by atoms with Crippen molar-refractivity contribution in [1.82, 2.24) is 5.32 Å². The largest absolute Gasteiger partial charge is 0.493 e. The molecule has 0 aliphatic carbocycles. The first-order valence-electron chi connectivity index (χ1n) is 6.29. The highest BCUT2D eigenvalue weighted by Gasteiger charge is 2.18. The Morgan fingerprint density at radius 2 is 2.22 bits per heavy atom. The quantitative estimate of drug-likeness (QED) is 0.887. The number of nitrogens with one attached hydrogen (secondary N) is 1. The Morgan fingerprint density at radius 3 is 3.00 bits per heavy atom. The van der Waals surface area contributed by atoms with Crippen molar-refractivity contribution >= 4 is 0 Å². The van der Waals surface area contributed by atoms with Crippen molar-refractivity contribution in [1.29, 1.82) is 5.26 Å². The molecule has 18 heavy (non-hydrogen) atoms. The van der Waals surface area contributed by atoms with Crippen LogP contribution in [0.2, 0.25) is 0 Å². The van der Waals surface area contributed by atoms with Gasteiger partial charge in [0.25, 0.3) is 0 Å². The molecule has 0 saturated carbocycles. The predicted molar refractivity (Wildman–Crippen MR) is 68.8 cm³/mol. The Hall–Kier alpha value is -1.73. The molecule has 1 heterocycles. The minimum atomic E-state index is 0.156. The number of ether oxygens (including phenoxy) is 2. The van der Waals surface area contributed by atoms with Gasteiger partial charge in [0, 0.05) is 0 Å². The molecule has 1 N–H and O–H groups in total. The lowest BCUT2D eigenvalue weighted by Gasteiger charge is -2.19. The molecule has 1 atom stereocenters. The van der Waals surface area contributed by atoms with E-state index in [2.05, 4.69) is 11.4 Å². The Balaban J connectivity index is 2.18. The number of nitrogens with zero attached hydrogens (tertiary/aromatic N) is 1. The summed E-state index contributed by atoms with van der Waals surface area (Å²) in [5.74, 6) is 1.21. The van der Waals surface area contributed by atoms with Crippen LogP contribution in [0.15, 0.2) is 18.2 Å². The van der Waals surface area contributed by atoms with Crippen LogP contribution in [0.4, 0.5) is 0 Å². The number of para-hydroxylation sites is 1. The lowest BCUT2D eigenvalue weighted by molar-refractivity contribution is 0.179. The molecule has 2 rings (SSSR count). The first-order chi connectivity index (χ1) is 8.85. The van der Waals surface area contributed by atoms with Crippen LogP contribution < -0.4 is 14.8 Å². The molecule has 0 amide bonds. The number of nitriles is 1. The summed E-state index contributed by atoms with van der Waals surface area (Å²) < 4.78 is 11.3. The summed E-state index contributed by atoms with van der Waals surface area (Å²) in [6.45, 7) is 2.00. The third-order valence-electron chi connectivity index (χ3n) is 3.13. The van der Waals surface area contributed by atoms with E-state index < -0.39 is 0 Å². The Bertz CT molecular complexity index is 432. The van der Waals surface area contributed by atoms with E-state index >= 15 is 0 Å². The molecule has 1 saturated heterocycles. The highest BCUT2D eigenvalue weighted by atomic mass is 16.5. The summed E-state index contributed by atoms with van der Waals surface area (Å²) in [5, 5.41) is 12.5. The standard InChI is InChI=1S/C14H18N2O2/c1-17-13-6-2-4-11(10-15)14(13)18-12-5-3-8-16-9-7-12/h2,4,6,12,16H,3,5,7-9H2,1H3. The van der Waals surface area contributed by atoms with Crippen molar-refractivity contribution in [2.45, 2.75) is 25.4 Å². The second-order valence-corrected chi connectivity index (χ2v) is 4.37. The van der Waals surface area contributed by atoms with Crippen LogP contribution in [0.1, 0.15) is 24.8 Å². The zero-order chi connectivity index (χ0) is 12.8. The topological polar surface area (TPSA) is 54.3 Å². The fourth-order valence-corrected chi connectivity index (χ4v) is 2.16. The van der Waals surface area contributed by atoms with Gasteiger partial charge in [-0.15, -0.1) is 0 Å². The normalized spacial score (nSPS) is 19.7. The van der Waals surface area contributed by atoms with Crippen molar-refractivity contribution in [3.63, 3.8) is 0 Å². The second-order valence-electron chi connectivity index (χ2n) is 4.37. The third-order valence-corrected chi connectivity index (χ3v) is 3.13. The number of hydrogen-bond donors (Lipinski definition) is 1. The molecule has 1 aliphatic rings. The Morgan fingerprint density at radius 1 is 1.33 bits per heavy atom. The minimum absolute atomic E-state index is 0.156. The molecule has 96 valence electrons. The van der Waals surface area contributed by atoms with Crippen LogP contribution in [-0.4, -0.2) is 26.3 Å². The lowest BCUT2D eigenvalue weighted by Crippen LogP contribution is -2.20. The van der Waals surface area contributed by atoms with Gasteiger partial charge in [-0.1, -0.05) is 6.07 Å². The zero-order valence-corrected chi connectivity index (χ0v) is 10.6. The van der Waals surface area contributed by atoms with Gasteiger partial charge in [-0.05, 0) is 44.5 Å². The molecule has 0 radical (unpaired) electrons. The average Bonchev–Trinajstić information content (AvgIpc) is 2.67. The number of rotatable bonds is 3. The van der Waals surface area contributed by atoms with E-state index in [1.54, 1.807) is 19.2 Å². The second kappa shape index (κ2) is 6.27. The molecule has 1 unspecified atom stereocenters. The van der Waals surface area contributed by atoms with Gasteiger partial charge in [0.2, 0.25) is 0 Å². The Labute approximate surface area is 108 Å². The highest BCUT2D eigenvalue weighted by Crippen LogP contribution is 2.32. The highest BCUT2D eigenvalue weighted by molar-refractivity contribution is 5.52. The molecule has 4 heteroatoms.